The number of piperidine rings is 1. The molecule has 53 heavy (non-hydrogen) atoms. The van der Waals surface area contributed by atoms with Crippen molar-refractivity contribution >= 4 is 46.6 Å². The van der Waals surface area contributed by atoms with E-state index in [1.165, 1.54) is 7.11 Å². The largest absolute Gasteiger partial charge is 0.496 e. The number of pyridine rings is 3. The Bertz CT molecular complexity index is 1990. The summed E-state index contributed by atoms with van der Waals surface area (Å²) < 4.78 is 11.2. The quantitative estimate of drug-likeness (QED) is 0.142. The van der Waals surface area contributed by atoms with Crippen LogP contribution in [0.1, 0.15) is 54.2 Å². The van der Waals surface area contributed by atoms with Crippen molar-refractivity contribution in [3.8, 4) is 34.1 Å². The van der Waals surface area contributed by atoms with Crippen LogP contribution in [0.15, 0.2) is 54.9 Å². The van der Waals surface area contributed by atoms with E-state index in [2.05, 4.69) is 31.2 Å². The first-order valence-electron chi connectivity index (χ1n) is 17.5. The number of carbonyl (C=O) groups is 3. The second kappa shape index (κ2) is 17.3. The van der Waals surface area contributed by atoms with Crippen molar-refractivity contribution in [3.63, 3.8) is 0 Å². The first kappa shape index (κ1) is 37.9. The zero-order chi connectivity index (χ0) is 37.5. The average molecular weight is 762 g/mol. The number of benzene rings is 1. The minimum Gasteiger partial charge on any atom is -0.496 e. The van der Waals surface area contributed by atoms with E-state index < -0.39 is 5.91 Å². The summed E-state index contributed by atoms with van der Waals surface area (Å²) in [7, 11) is 3.11. The highest BCUT2D eigenvalue weighted by Crippen LogP contribution is 2.40. The van der Waals surface area contributed by atoms with Crippen LogP contribution in [0.3, 0.4) is 0 Å². The van der Waals surface area contributed by atoms with E-state index >= 15 is 0 Å². The minimum absolute atomic E-state index is 0.0642. The number of nitrogens with zero attached hydrogens (tertiary/aromatic N) is 4. The van der Waals surface area contributed by atoms with E-state index in [1.807, 2.05) is 17.0 Å². The highest BCUT2D eigenvalue weighted by Gasteiger charge is 2.23. The molecule has 3 amide bonds. The van der Waals surface area contributed by atoms with Crippen LogP contribution in [-0.4, -0.2) is 83.5 Å². The molecule has 13 nitrogen and oxygen atoms in total. The molecule has 2 fully saturated rings. The maximum Gasteiger partial charge on any atom is 0.274 e. The number of likely N-dealkylation sites (tertiary alicyclic amines) is 1. The number of carbonyl (C=O) groups excluding carboxylic acids is 3. The van der Waals surface area contributed by atoms with Crippen molar-refractivity contribution in [1.82, 2.24) is 35.8 Å². The topological polar surface area (TPSA) is 160 Å². The van der Waals surface area contributed by atoms with Crippen molar-refractivity contribution in [3.05, 3.63) is 81.7 Å². The van der Waals surface area contributed by atoms with E-state index in [-0.39, 0.29) is 28.6 Å². The van der Waals surface area contributed by atoms with Crippen molar-refractivity contribution in [1.29, 1.82) is 0 Å². The van der Waals surface area contributed by atoms with Crippen LogP contribution in [-0.2, 0) is 22.7 Å². The summed E-state index contributed by atoms with van der Waals surface area (Å²) in [6.45, 7) is 4.73. The number of hydrogen-bond donors (Lipinski definition) is 4. The van der Waals surface area contributed by atoms with Gasteiger partial charge in [-0.05, 0) is 37.5 Å². The van der Waals surface area contributed by atoms with Crippen molar-refractivity contribution in [2.45, 2.75) is 57.8 Å². The molecule has 1 aromatic carbocycles. The summed E-state index contributed by atoms with van der Waals surface area (Å²) >= 11 is 13.9. The monoisotopic (exact) mass is 760 g/mol. The fourth-order valence-electron chi connectivity index (χ4n) is 6.53. The van der Waals surface area contributed by atoms with Crippen molar-refractivity contribution in [2.24, 2.45) is 0 Å². The molecule has 0 radical (unpaired) electrons. The van der Waals surface area contributed by atoms with Gasteiger partial charge in [0.05, 0.1) is 41.3 Å². The summed E-state index contributed by atoms with van der Waals surface area (Å²) in [5.41, 5.74) is 4.34. The van der Waals surface area contributed by atoms with Gasteiger partial charge in [-0.2, -0.15) is 0 Å². The third kappa shape index (κ3) is 9.05. The number of anilines is 1. The number of halogens is 2. The zero-order valence-electron chi connectivity index (χ0n) is 29.8. The van der Waals surface area contributed by atoms with Gasteiger partial charge in [-0.3, -0.25) is 24.4 Å². The Kier molecular flexibility index (Phi) is 12.4. The van der Waals surface area contributed by atoms with Crippen LogP contribution in [0.4, 0.5) is 5.69 Å². The summed E-state index contributed by atoms with van der Waals surface area (Å²) in [4.78, 5) is 52.1. The van der Waals surface area contributed by atoms with Gasteiger partial charge in [0.1, 0.15) is 11.4 Å². The second-order valence-corrected chi connectivity index (χ2v) is 13.7. The van der Waals surface area contributed by atoms with Gasteiger partial charge in [-0.15, -0.1) is 0 Å². The first-order chi connectivity index (χ1) is 25.6. The molecule has 4 aromatic rings. The highest BCUT2D eigenvalue weighted by atomic mass is 35.5. The van der Waals surface area contributed by atoms with E-state index in [0.29, 0.717) is 77.0 Å². The Morgan fingerprint density at radius 1 is 0.962 bits per heavy atom. The molecule has 2 aliphatic heterocycles. The van der Waals surface area contributed by atoms with Crippen molar-refractivity contribution in [2.75, 3.05) is 39.2 Å². The third-order valence-electron chi connectivity index (χ3n) is 9.51. The lowest BCUT2D eigenvalue weighted by Gasteiger charge is -2.31. The fraction of sp³-hybridized carbons (Fsp3) is 0.368. The van der Waals surface area contributed by atoms with E-state index in [0.717, 1.165) is 43.5 Å². The summed E-state index contributed by atoms with van der Waals surface area (Å²) in [6, 6.07) is 12.8. The van der Waals surface area contributed by atoms with Gasteiger partial charge in [0.25, 0.3) is 5.91 Å². The molecule has 0 aliphatic carbocycles. The van der Waals surface area contributed by atoms with Crippen molar-refractivity contribution < 1.29 is 23.9 Å². The maximum atomic E-state index is 13.4. The lowest BCUT2D eigenvalue weighted by Crippen LogP contribution is -2.44. The molecule has 6 rings (SSSR count). The number of nitrogens with one attached hydrogen (secondary N) is 4. The average Bonchev–Trinajstić information content (AvgIpc) is 3.59. The first-order valence-corrected chi connectivity index (χ1v) is 18.2. The predicted molar refractivity (Wildman–Crippen MR) is 203 cm³/mol. The van der Waals surface area contributed by atoms with Crippen LogP contribution in [0, 0.1) is 0 Å². The number of aromatic nitrogens is 3. The normalized spacial score (nSPS) is 16.0. The number of rotatable bonds is 13. The third-order valence-corrected chi connectivity index (χ3v) is 10.3. The molecule has 0 bridgehead atoms. The standard InChI is InChI=1S/C38H42Cl2N8O5/c1-22(49)48-15-12-25(13-16-48)43-19-23-7-9-29(47-38(23)53-3)27-11-14-42-36(35(27)40)28-5-4-6-30(34(28)39)46-37(51)31-17-32(52-2)24(20-44-31)18-41-21-26-8-10-33(50)45-26/h4-7,9,11,14,17,20,25-26,41,43H,8,10,12-13,15-16,18-19,21H2,1-3H3,(H,45,50)(H,46,51)/t26-/m1/s1. The van der Waals surface area contributed by atoms with Crippen LogP contribution in [0.2, 0.25) is 10.0 Å². The molecule has 0 unspecified atom stereocenters. The van der Waals surface area contributed by atoms with E-state index in [4.69, 9.17) is 37.7 Å². The number of hydrogen-bond acceptors (Lipinski definition) is 10. The van der Waals surface area contributed by atoms with Crippen LogP contribution in [0.5, 0.6) is 11.6 Å². The second-order valence-electron chi connectivity index (χ2n) is 13.0. The zero-order valence-corrected chi connectivity index (χ0v) is 31.3. The molecule has 1 atom stereocenters. The molecular weight excluding hydrogens is 719 g/mol. The van der Waals surface area contributed by atoms with Gasteiger partial charge < -0.3 is 35.6 Å². The molecule has 5 heterocycles. The Morgan fingerprint density at radius 2 is 1.77 bits per heavy atom. The maximum absolute atomic E-state index is 13.4. The van der Waals surface area contributed by atoms with Gasteiger partial charge in [-0.25, -0.2) is 4.98 Å². The SMILES string of the molecule is COc1cc(C(=O)Nc2cccc(-c3nccc(-c4ccc(CNC5CCN(C(C)=O)CC5)c(OC)n4)c3Cl)c2Cl)ncc1CNC[C@H]1CCC(=O)N1. The van der Waals surface area contributed by atoms with Gasteiger partial charge in [0.15, 0.2) is 0 Å². The summed E-state index contributed by atoms with van der Waals surface area (Å²) in [5.74, 6) is 0.675. The summed E-state index contributed by atoms with van der Waals surface area (Å²) in [6.07, 6.45) is 6.33. The minimum atomic E-state index is -0.476. The molecule has 2 aliphatic rings. The number of methoxy groups -OCH3 is 2. The molecular formula is C38H42Cl2N8O5. The molecule has 0 spiro atoms. The van der Waals surface area contributed by atoms with Crippen LogP contribution < -0.4 is 30.7 Å². The smallest absolute Gasteiger partial charge is 0.274 e. The molecule has 2 saturated heterocycles. The van der Waals surface area contributed by atoms with Gasteiger partial charge >= 0.3 is 0 Å². The molecule has 3 aromatic heterocycles. The Morgan fingerprint density at radius 3 is 2.49 bits per heavy atom. The molecule has 0 saturated carbocycles. The van der Waals surface area contributed by atoms with E-state index in [9.17, 15) is 14.4 Å². The van der Waals surface area contributed by atoms with Gasteiger partial charge in [0, 0.05) is 98.9 Å². The summed E-state index contributed by atoms with van der Waals surface area (Å²) in [5, 5.41) is 13.3. The molecule has 278 valence electrons. The Balaban J connectivity index is 1.14. The van der Waals surface area contributed by atoms with Gasteiger partial charge in [-0.1, -0.05) is 41.4 Å². The van der Waals surface area contributed by atoms with E-state index in [1.54, 1.807) is 56.8 Å². The predicted octanol–water partition coefficient (Wildman–Crippen LogP) is 5.25. The van der Waals surface area contributed by atoms with Gasteiger partial charge in [0.2, 0.25) is 17.7 Å². The highest BCUT2D eigenvalue weighted by molar-refractivity contribution is 6.39. The Labute approximate surface area is 318 Å². The van der Waals surface area contributed by atoms with Crippen LogP contribution >= 0.6 is 23.2 Å². The Hall–Kier alpha value is -4.82. The van der Waals surface area contributed by atoms with Crippen LogP contribution in [0.25, 0.3) is 22.5 Å². The molecule has 4 N–H and O–H groups in total. The lowest BCUT2D eigenvalue weighted by molar-refractivity contribution is -0.130. The fourth-order valence-corrected chi connectivity index (χ4v) is 7.11. The number of ether oxygens (including phenoxy) is 2. The molecule has 15 heteroatoms. The number of amides is 3. The lowest BCUT2D eigenvalue weighted by atomic mass is 10.0.